The molecule has 3 heterocycles. The summed E-state index contributed by atoms with van der Waals surface area (Å²) in [6, 6.07) is 74.8. The predicted molar refractivity (Wildman–Crippen MR) is 248 cm³/mol. The summed E-state index contributed by atoms with van der Waals surface area (Å²) in [5.74, 6) is 0.674. The summed E-state index contributed by atoms with van der Waals surface area (Å²) < 4.78 is 2.45. The molecular formula is C55H35N3S. The van der Waals surface area contributed by atoms with Crippen molar-refractivity contribution in [2.45, 2.75) is 0 Å². The fourth-order valence-electron chi connectivity index (χ4n) is 8.13. The molecule has 0 saturated carbocycles. The van der Waals surface area contributed by atoms with Crippen LogP contribution in [-0.2, 0) is 0 Å². The van der Waals surface area contributed by atoms with E-state index >= 15 is 0 Å². The fraction of sp³-hybridized carbons (Fsp3) is 0. The molecule has 276 valence electrons. The lowest BCUT2D eigenvalue weighted by molar-refractivity contribution is 1.18. The van der Waals surface area contributed by atoms with Gasteiger partial charge in [-0.05, 0) is 39.9 Å². The third-order valence-electron chi connectivity index (χ3n) is 11.1. The Labute approximate surface area is 346 Å². The van der Waals surface area contributed by atoms with Crippen molar-refractivity contribution < 1.29 is 0 Å². The SMILES string of the molecule is c1ccc(-c2ccc(-c3cc(-c4ccc(-c5ccccc5)cc4)nc(-c4ccc(-c5nc6c(-c7ccccc7)cccc6c6c5sc5ccccc56)cc4)n3)cc2)cc1. The van der Waals surface area contributed by atoms with Crippen LogP contribution < -0.4 is 0 Å². The minimum absolute atomic E-state index is 0.674. The van der Waals surface area contributed by atoms with E-state index in [0.717, 1.165) is 56.0 Å². The van der Waals surface area contributed by atoms with Gasteiger partial charge in [0.25, 0.3) is 0 Å². The molecule has 0 unspecified atom stereocenters. The maximum Gasteiger partial charge on any atom is 0.160 e. The number of aromatic nitrogens is 3. The first-order valence-electron chi connectivity index (χ1n) is 19.8. The summed E-state index contributed by atoms with van der Waals surface area (Å²) in [5.41, 5.74) is 14.8. The number of benzene rings is 8. The van der Waals surface area contributed by atoms with Gasteiger partial charge in [-0.15, -0.1) is 11.3 Å². The molecule has 11 aromatic rings. The number of fused-ring (bicyclic) bond motifs is 5. The highest BCUT2D eigenvalue weighted by molar-refractivity contribution is 7.26. The molecule has 4 heteroatoms. The Morgan fingerprint density at radius 3 is 1.37 bits per heavy atom. The molecule has 0 bridgehead atoms. The second-order valence-electron chi connectivity index (χ2n) is 14.8. The molecule has 0 aliphatic carbocycles. The van der Waals surface area contributed by atoms with Crippen LogP contribution in [0.15, 0.2) is 212 Å². The quantitative estimate of drug-likeness (QED) is 0.162. The first-order valence-corrected chi connectivity index (χ1v) is 20.7. The van der Waals surface area contributed by atoms with Crippen LogP contribution in [0.1, 0.15) is 0 Å². The highest BCUT2D eigenvalue weighted by atomic mass is 32.1. The lowest BCUT2D eigenvalue weighted by Gasteiger charge is -2.12. The van der Waals surface area contributed by atoms with E-state index in [0.29, 0.717) is 5.82 Å². The molecule has 0 radical (unpaired) electrons. The molecule has 0 N–H and O–H groups in total. The fourth-order valence-corrected chi connectivity index (χ4v) is 9.36. The van der Waals surface area contributed by atoms with E-state index in [2.05, 4.69) is 200 Å². The van der Waals surface area contributed by atoms with E-state index in [-0.39, 0.29) is 0 Å². The van der Waals surface area contributed by atoms with Crippen molar-refractivity contribution in [3.05, 3.63) is 212 Å². The van der Waals surface area contributed by atoms with Crippen LogP contribution >= 0.6 is 11.3 Å². The number of thiophene rings is 1. The summed E-state index contributed by atoms with van der Waals surface area (Å²) in [4.78, 5) is 15.9. The second-order valence-corrected chi connectivity index (χ2v) is 15.8. The highest BCUT2D eigenvalue weighted by Crippen LogP contribution is 2.44. The van der Waals surface area contributed by atoms with E-state index in [1.165, 1.54) is 47.8 Å². The molecule has 0 spiro atoms. The van der Waals surface area contributed by atoms with Gasteiger partial charge < -0.3 is 0 Å². The molecule has 0 saturated heterocycles. The lowest BCUT2D eigenvalue weighted by atomic mass is 9.97. The molecule has 0 aliphatic heterocycles. The lowest BCUT2D eigenvalue weighted by Crippen LogP contribution is -1.96. The monoisotopic (exact) mass is 769 g/mol. The van der Waals surface area contributed by atoms with Crippen LogP contribution in [0.2, 0.25) is 0 Å². The van der Waals surface area contributed by atoms with Gasteiger partial charge in [-0.2, -0.15) is 0 Å². The van der Waals surface area contributed by atoms with Gasteiger partial charge in [0.2, 0.25) is 0 Å². The van der Waals surface area contributed by atoms with Crippen LogP contribution in [0.25, 0.3) is 110 Å². The van der Waals surface area contributed by atoms with E-state index in [1.807, 2.05) is 23.5 Å². The average molecular weight is 770 g/mol. The summed E-state index contributed by atoms with van der Waals surface area (Å²) in [6.45, 7) is 0. The number of nitrogens with zero attached hydrogens (tertiary/aromatic N) is 3. The third kappa shape index (κ3) is 6.46. The first-order chi connectivity index (χ1) is 29.2. The van der Waals surface area contributed by atoms with Gasteiger partial charge in [0.15, 0.2) is 5.82 Å². The summed E-state index contributed by atoms with van der Waals surface area (Å²) >= 11 is 1.81. The zero-order valence-corrected chi connectivity index (χ0v) is 32.8. The Morgan fingerprint density at radius 1 is 0.322 bits per heavy atom. The van der Waals surface area contributed by atoms with Crippen LogP contribution in [0, 0.1) is 0 Å². The van der Waals surface area contributed by atoms with Crippen molar-refractivity contribution in [1.29, 1.82) is 0 Å². The molecular weight excluding hydrogens is 735 g/mol. The zero-order chi connectivity index (χ0) is 39.1. The highest BCUT2D eigenvalue weighted by Gasteiger charge is 2.19. The van der Waals surface area contributed by atoms with E-state index in [9.17, 15) is 0 Å². The topological polar surface area (TPSA) is 38.7 Å². The van der Waals surface area contributed by atoms with Gasteiger partial charge in [-0.1, -0.05) is 200 Å². The van der Waals surface area contributed by atoms with Crippen molar-refractivity contribution in [3.63, 3.8) is 0 Å². The van der Waals surface area contributed by atoms with Crippen molar-refractivity contribution in [2.24, 2.45) is 0 Å². The molecule has 8 aromatic carbocycles. The van der Waals surface area contributed by atoms with Gasteiger partial charge in [0.1, 0.15) is 0 Å². The number of pyridine rings is 1. The Morgan fingerprint density at radius 2 is 0.780 bits per heavy atom. The van der Waals surface area contributed by atoms with E-state index < -0.39 is 0 Å². The number of hydrogen-bond acceptors (Lipinski definition) is 4. The maximum absolute atomic E-state index is 5.49. The molecule has 11 rings (SSSR count). The van der Waals surface area contributed by atoms with E-state index in [1.54, 1.807) is 0 Å². The predicted octanol–water partition coefficient (Wildman–Crippen LogP) is 15.1. The molecule has 0 amide bonds. The molecule has 3 nitrogen and oxygen atoms in total. The Kier molecular flexibility index (Phi) is 8.68. The van der Waals surface area contributed by atoms with Crippen molar-refractivity contribution in [3.8, 4) is 78.5 Å². The molecule has 0 atom stereocenters. The van der Waals surface area contributed by atoms with Gasteiger partial charge >= 0.3 is 0 Å². The number of rotatable bonds is 7. The van der Waals surface area contributed by atoms with Crippen LogP contribution in [0.4, 0.5) is 0 Å². The minimum atomic E-state index is 0.674. The Bertz CT molecular complexity index is 3170. The summed E-state index contributed by atoms with van der Waals surface area (Å²) in [6.07, 6.45) is 0. The maximum atomic E-state index is 5.49. The second kappa shape index (κ2) is 14.8. The molecule has 3 aromatic heterocycles. The minimum Gasteiger partial charge on any atom is -0.246 e. The van der Waals surface area contributed by atoms with Gasteiger partial charge in [0, 0.05) is 48.7 Å². The first kappa shape index (κ1) is 34.7. The molecule has 0 aliphatic rings. The number of para-hydroxylation sites is 1. The number of hydrogen-bond donors (Lipinski definition) is 0. The van der Waals surface area contributed by atoms with Gasteiger partial charge in [0.05, 0.1) is 27.3 Å². The average Bonchev–Trinajstić information content (AvgIpc) is 3.72. The smallest absolute Gasteiger partial charge is 0.160 e. The van der Waals surface area contributed by atoms with Gasteiger partial charge in [-0.3, -0.25) is 0 Å². The Balaban J connectivity index is 1.03. The standard InChI is InChI=1S/C55H35N3S/c1-4-13-36(14-5-1)38-23-27-41(28-24-38)48-35-49(42-29-25-39(26-30-42)37-15-6-2-7-16-37)57-55(56-48)44-33-31-43(32-34-44)52-54-51(46-19-10-11-22-50(46)59-54)47-21-12-20-45(53(47)58-52)40-17-8-3-9-18-40/h1-35H. The van der Waals surface area contributed by atoms with Crippen molar-refractivity contribution in [1.82, 2.24) is 15.0 Å². The summed E-state index contributed by atoms with van der Waals surface area (Å²) in [7, 11) is 0. The third-order valence-corrected chi connectivity index (χ3v) is 12.3. The normalized spacial score (nSPS) is 11.4. The van der Waals surface area contributed by atoms with Crippen LogP contribution in [-0.4, -0.2) is 15.0 Å². The molecule has 0 fully saturated rings. The van der Waals surface area contributed by atoms with Gasteiger partial charge in [-0.25, -0.2) is 15.0 Å². The summed E-state index contributed by atoms with van der Waals surface area (Å²) in [5, 5.41) is 3.68. The van der Waals surface area contributed by atoms with Crippen molar-refractivity contribution in [2.75, 3.05) is 0 Å². The molecule has 59 heavy (non-hydrogen) atoms. The van der Waals surface area contributed by atoms with Crippen molar-refractivity contribution >= 4 is 42.4 Å². The Hall–Kier alpha value is -7.53. The van der Waals surface area contributed by atoms with Crippen LogP contribution in [0.5, 0.6) is 0 Å². The van der Waals surface area contributed by atoms with E-state index in [4.69, 9.17) is 15.0 Å². The van der Waals surface area contributed by atoms with Crippen LogP contribution in [0.3, 0.4) is 0 Å². The zero-order valence-electron chi connectivity index (χ0n) is 32.0. The largest absolute Gasteiger partial charge is 0.246 e.